The second-order valence-corrected chi connectivity index (χ2v) is 5.62. The maximum atomic E-state index is 12.1. The number of methoxy groups -OCH3 is 1. The van der Waals surface area contributed by atoms with Crippen molar-refractivity contribution in [2.24, 2.45) is 0 Å². The molecule has 0 aromatic heterocycles. The summed E-state index contributed by atoms with van der Waals surface area (Å²) in [6, 6.07) is 12.8. The van der Waals surface area contributed by atoms with Crippen LogP contribution in [0.5, 0.6) is 5.75 Å². The Kier molecular flexibility index (Phi) is 4.43. The van der Waals surface area contributed by atoms with Gasteiger partial charge in [0.25, 0.3) is 0 Å². The van der Waals surface area contributed by atoms with Crippen molar-refractivity contribution in [1.82, 2.24) is 4.90 Å². The molecule has 2 aromatic rings. The third kappa shape index (κ3) is 3.36. The van der Waals surface area contributed by atoms with Crippen LogP contribution in [0.1, 0.15) is 11.1 Å². The summed E-state index contributed by atoms with van der Waals surface area (Å²) in [5.74, 6) is -0.00120. The molecule has 24 heavy (non-hydrogen) atoms. The van der Waals surface area contributed by atoms with Gasteiger partial charge in [-0.3, -0.25) is 19.8 Å². The van der Waals surface area contributed by atoms with Crippen LogP contribution in [0.3, 0.4) is 0 Å². The van der Waals surface area contributed by atoms with Gasteiger partial charge in [-0.05, 0) is 17.2 Å². The zero-order valence-corrected chi connectivity index (χ0v) is 13.2. The van der Waals surface area contributed by atoms with Crippen LogP contribution in [0.2, 0.25) is 0 Å². The SMILES string of the molecule is COc1cc2c(cc1[N+](=O)[O-])NC(=O)CN(Cc1ccccc1)C2. The summed E-state index contributed by atoms with van der Waals surface area (Å²) in [6.07, 6.45) is 0. The third-order valence-electron chi connectivity index (χ3n) is 3.89. The molecule has 0 aliphatic carbocycles. The van der Waals surface area contributed by atoms with E-state index in [2.05, 4.69) is 5.32 Å². The average molecular weight is 327 g/mol. The van der Waals surface area contributed by atoms with Crippen LogP contribution < -0.4 is 10.1 Å². The van der Waals surface area contributed by atoms with Crippen molar-refractivity contribution < 1.29 is 14.5 Å². The minimum Gasteiger partial charge on any atom is -0.490 e. The summed E-state index contributed by atoms with van der Waals surface area (Å²) in [5, 5.41) is 13.9. The highest BCUT2D eigenvalue weighted by atomic mass is 16.6. The summed E-state index contributed by atoms with van der Waals surface area (Å²) in [5.41, 5.74) is 2.19. The highest BCUT2D eigenvalue weighted by Gasteiger charge is 2.25. The highest BCUT2D eigenvalue weighted by Crippen LogP contribution is 2.34. The second kappa shape index (κ2) is 6.67. The van der Waals surface area contributed by atoms with E-state index in [1.54, 1.807) is 6.07 Å². The van der Waals surface area contributed by atoms with Gasteiger partial charge in [0, 0.05) is 19.2 Å². The largest absolute Gasteiger partial charge is 0.490 e. The summed E-state index contributed by atoms with van der Waals surface area (Å²) < 4.78 is 5.12. The standard InChI is InChI=1S/C17H17N3O4/c1-24-16-7-13-10-19(9-12-5-3-2-4-6-12)11-17(21)18-14(13)8-15(16)20(22)23/h2-8H,9-11H2,1H3,(H,18,21). The minimum atomic E-state index is -0.516. The molecule has 1 N–H and O–H groups in total. The normalized spacial score (nSPS) is 14.5. The molecule has 0 fully saturated rings. The van der Waals surface area contributed by atoms with Gasteiger partial charge in [-0.15, -0.1) is 0 Å². The van der Waals surface area contributed by atoms with Crippen LogP contribution in [0.25, 0.3) is 0 Å². The summed E-state index contributed by atoms with van der Waals surface area (Å²) in [6.45, 7) is 1.34. The maximum absolute atomic E-state index is 12.1. The topological polar surface area (TPSA) is 84.7 Å². The average Bonchev–Trinajstić information content (AvgIpc) is 2.71. The van der Waals surface area contributed by atoms with E-state index < -0.39 is 4.92 Å². The molecular formula is C17H17N3O4. The number of carbonyl (C=O) groups is 1. The number of nitro benzene ring substituents is 1. The number of hydrogen-bond donors (Lipinski definition) is 1. The monoisotopic (exact) mass is 327 g/mol. The number of ether oxygens (including phenoxy) is 1. The van der Waals surface area contributed by atoms with E-state index in [9.17, 15) is 14.9 Å². The fourth-order valence-corrected chi connectivity index (χ4v) is 2.81. The number of carbonyl (C=O) groups excluding carboxylic acids is 1. The van der Waals surface area contributed by atoms with Crippen molar-refractivity contribution in [3.8, 4) is 5.75 Å². The predicted octanol–water partition coefficient (Wildman–Crippen LogP) is 2.56. The Labute approximate surface area is 139 Å². The number of fused-ring (bicyclic) bond motifs is 1. The van der Waals surface area contributed by atoms with E-state index in [1.165, 1.54) is 13.2 Å². The molecule has 1 heterocycles. The quantitative estimate of drug-likeness (QED) is 0.689. The van der Waals surface area contributed by atoms with Gasteiger partial charge in [0.05, 0.1) is 24.3 Å². The Balaban J connectivity index is 1.93. The molecule has 0 atom stereocenters. The predicted molar refractivity (Wildman–Crippen MR) is 88.8 cm³/mol. The first kappa shape index (κ1) is 15.9. The molecule has 124 valence electrons. The first-order valence-electron chi connectivity index (χ1n) is 7.48. The lowest BCUT2D eigenvalue weighted by molar-refractivity contribution is -0.385. The summed E-state index contributed by atoms with van der Waals surface area (Å²) >= 11 is 0. The smallest absolute Gasteiger partial charge is 0.313 e. The first-order valence-corrected chi connectivity index (χ1v) is 7.48. The second-order valence-electron chi connectivity index (χ2n) is 5.62. The molecule has 7 nitrogen and oxygen atoms in total. The molecular weight excluding hydrogens is 310 g/mol. The number of anilines is 1. The number of nitrogens with zero attached hydrogens (tertiary/aromatic N) is 2. The van der Waals surface area contributed by atoms with Crippen LogP contribution in [0, 0.1) is 10.1 Å². The number of nitrogens with one attached hydrogen (secondary N) is 1. The Bertz CT molecular complexity index is 777. The summed E-state index contributed by atoms with van der Waals surface area (Å²) in [7, 11) is 1.39. The van der Waals surface area contributed by atoms with E-state index in [4.69, 9.17) is 4.74 Å². The van der Waals surface area contributed by atoms with Crippen molar-refractivity contribution in [1.29, 1.82) is 0 Å². The van der Waals surface area contributed by atoms with Gasteiger partial charge in [0.1, 0.15) is 0 Å². The first-order chi connectivity index (χ1) is 11.6. The van der Waals surface area contributed by atoms with Crippen LogP contribution >= 0.6 is 0 Å². The molecule has 1 amide bonds. The molecule has 0 spiro atoms. The number of rotatable bonds is 4. The fourth-order valence-electron chi connectivity index (χ4n) is 2.81. The van der Waals surface area contributed by atoms with Gasteiger partial charge < -0.3 is 10.1 Å². The van der Waals surface area contributed by atoms with Gasteiger partial charge >= 0.3 is 5.69 Å². The molecule has 0 saturated heterocycles. The molecule has 2 aromatic carbocycles. The third-order valence-corrected chi connectivity index (χ3v) is 3.89. The van der Waals surface area contributed by atoms with Crippen LogP contribution in [-0.2, 0) is 17.9 Å². The van der Waals surface area contributed by atoms with Crippen molar-refractivity contribution >= 4 is 17.3 Å². The number of nitro groups is 1. The van der Waals surface area contributed by atoms with E-state index >= 15 is 0 Å². The van der Waals surface area contributed by atoms with Crippen LogP contribution in [-0.4, -0.2) is 29.4 Å². The molecule has 0 radical (unpaired) electrons. The molecule has 0 bridgehead atoms. The molecule has 3 rings (SSSR count). The van der Waals surface area contributed by atoms with Crippen molar-refractivity contribution in [3.63, 3.8) is 0 Å². The Morgan fingerprint density at radius 3 is 2.67 bits per heavy atom. The van der Waals surface area contributed by atoms with E-state index in [0.717, 1.165) is 11.1 Å². The number of benzene rings is 2. The lowest BCUT2D eigenvalue weighted by Crippen LogP contribution is -2.29. The van der Waals surface area contributed by atoms with Crippen molar-refractivity contribution in [2.75, 3.05) is 19.0 Å². The zero-order chi connectivity index (χ0) is 17.1. The van der Waals surface area contributed by atoms with E-state index in [-0.39, 0.29) is 23.9 Å². The number of amides is 1. The minimum absolute atomic E-state index is 0.159. The van der Waals surface area contributed by atoms with Gasteiger partial charge in [0.2, 0.25) is 5.91 Å². The van der Waals surface area contributed by atoms with Gasteiger partial charge in [-0.1, -0.05) is 30.3 Å². The van der Waals surface area contributed by atoms with Gasteiger partial charge in [-0.25, -0.2) is 0 Å². The van der Waals surface area contributed by atoms with Crippen molar-refractivity contribution in [2.45, 2.75) is 13.1 Å². The van der Waals surface area contributed by atoms with Gasteiger partial charge in [-0.2, -0.15) is 0 Å². The maximum Gasteiger partial charge on any atom is 0.313 e. The van der Waals surface area contributed by atoms with Gasteiger partial charge in [0.15, 0.2) is 5.75 Å². The Morgan fingerprint density at radius 1 is 1.25 bits per heavy atom. The van der Waals surface area contributed by atoms with E-state index in [1.807, 2.05) is 35.2 Å². The lowest BCUT2D eigenvalue weighted by atomic mass is 10.1. The molecule has 7 heteroatoms. The van der Waals surface area contributed by atoms with Crippen LogP contribution in [0.15, 0.2) is 42.5 Å². The number of hydrogen-bond acceptors (Lipinski definition) is 5. The van der Waals surface area contributed by atoms with Crippen molar-refractivity contribution in [3.05, 3.63) is 63.7 Å². The van der Waals surface area contributed by atoms with Crippen LogP contribution in [0.4, 0.5) is 11.4 Å². The molecule has 0 unspecified atom stereocenters. The Morgan fingerprint density at radius 2 is 2.00 bits per heavy atom. The Hall–Kier alpha value is -2.93. The summed E-state index contributed by atoms with van der Waals surface area (Å²) in [4.78, 5) is 24.7. The molecule has 1 aliphatic heterocycles. The molecule has 1 aliphatic rings. The fraction of sp³-hybridized carbons (Fsp3) is 0.235. The molecule has 0 saturated carbocycles. The van der Waals surface area contributed by atoms with E-state index in [0.29, 0.717) is 18.8 Å². The lowest BCUT2D eigenvalue weighted by Gasteiger charge is -2.19. The highest BCUT2D eigenvalue weighted by molar-refractivity contribution is 5.94. The zero-order valence-electron chi connectivity index (χ0n) is 13.2.